The standard InChI is InChI=1S/C23H18ClFN2O3/c24-15-9-8-14(19(25)10-15)13-30-22-7-2-1-4-18(22)16-5-3-6-17(16)20-11-26-12-21(27-20)23(28)29/h1-2,4,7-12H,3,5-6,13H2,(H,28,29). The van der Waals surface area contributed by atoms with Gasteiger partial charge in [0.05, 0.1) is 18.1 Å². The summed E-state index contributed by atoms with van der Waals surface area (Å²) >= 11 is 5.82. The number of hydrogen-bond donors (Lipinski definition) is 1. The zero-order valence-corrected chi connectivity index (χ0v) is 16.7. The number of benzene rings is 2. The van der Waals surface area contributed by atoms with Crippen molar-refractivity contribution in [3.8, 4) is 5.75 Å². The average Bonchev–Trinajstić information content (AvgIpc) is 3.23. The molecule has 152 valence electrons. The molecule has 1 aliphatic carbocycles. The van der Waals surface area contributed by atoms with Crippen molar-refractivity contribution >= 4 is 28.7 Å². The molecule has 0 atom stereocenters. The second-order valence-electron chi connectivity index (χ2n) is 6.93. The minimum Gasteiger partial charge on any atom is -0.488 e. The molecule has 1 N–H and O–H groups in total. The lowest BCUT2D eigenvalue weighted by molar-refractivity contribution is 0.0690. The second-order valence-corrected chi connectivity index (χ2v) is 7.36. The maximum atomic E-state index is 14.1. The molecule has 0 aliphatic heterocycles. The van der Waals surface area contributed by atoms with Crippen LogP contribution in [0.5, 0.6) is 5.75 Å². The first-order chi connectivity index (χ1) is 14.5. The van der Waals surface area contributed by atoms with Crippen LogP contribution in [-0.2, 0) is 6.61 Å². The number of para-hydroxylation sites is 1. The van der Waals surface area contributed by atoms with Crippen molar-refractivity contribution in [2.45, 2.75) is 25.9 Å². The Kier molecular flexibility index (Phi) is 5.77. The number of allylic oxidation sites excluding steroid dienone is 2. The quantitative estimate of drug-likeness (QED) is 0.554. The molecule has 1 aliphatic rings. The summed E-state index contributed by atoms with van der Waals surface area (Å²) < 4.78 is 20.1. The Hall–Kier alpha value is -3.25. The molecule has 1 aromatic heterocycles. The third kappa shape index (κ3) is 4.19. The lowest BCUT2D eigenvalue weighted by Gasteiger charge is -2.14. The normalized spacial score (nSPS) is 13.5. The Labute approximate surface area is 177 Å². The molecule has 0 bridgehead atoms. The molecule has 30 heavy (non-hydrogen) atoms. The number of carbonyl (C=O) groups is 1. The number of aromatic carboxylic acids is 1. The molecular formula is C23H18ClFN2O3. The van der Waals surface area contributed by atoms with E-state index in [1.807, 2.05) is 24.3 Å². The summed E-state index contributed by atoms with van der Waals surface area (Å²) in [6.45, 7) is 0.0664. The van der Waals surface area contributed by atoms with Gasteiger partial charge in [0.15, 0.2) is 5.69 Å². The van der Waals surface area contributed by atoms with Crippen LogP contribution in [0, 0.1) is 5.82 Å². The first-order valence-corrected chi connectivity index (χ1v) is 9.84. The van der Waals surface area contributed by atoms with Gasteiger partial charge in [0.2, 0.25) is 0 Å². The van der Waals surface area contributed by atoms with Gasteiger partial charge in [-0.15, -0.1) is 0 Å². The number of hydrogen-bond acceptors (Lipinski definition) is 4. The molecule has 4 rings (SSSR count). The number of aromatic nitrogens is 2. The summed E-state index contributed by atoms with van der Waals surface area (Å²) in [6.07, 6.45) is 5.32. The maximum Gasteiger partial charge on any atom is 0.356 e. The zero-order valence-electron chi connectivity index (χ0n) is 15.9. The Morgan fingerprint density at radius 3 is 2.73 bits per heavy atom. The summed E-state index contributed by atoms with van der Waals surface area (Å²) in [4.78, 5) is 19.5. The van der Waals surface area contributed by atoms with Gasteiger partial charge in [-0.2, -0.15) is 0 Å². The lowest BCUT2D eigenvalue weighted by Crippen LogP contribution is -2.04. The number of halogens is 2. The van der Waals surface area contributed by atoms with Crippen LogP contribution >= 0.6 is 11.6 Å². The van der Waals surface area contributed by atoms with Crippen molar-refractivity contribution in [3.63, 3.8) is 0 Å². The van der Waals surface area contributed by atoms with Crippen LogP contribution in [-0.4, -0.2) is 21.0 Å². The fraction of sp³-hybridized carbons (Fsp3) is 0.174. The van der Waals surface area contributed by atoms with E-state index in [1.54, 1.807) is 18.3 Å². The molecule has 1 heterocycles. The summed E-state index contributed by atoms with van der Waals surface area (Å²) in [7, 11) is 0. The van der Waals surface area contributed by atoms with Gasteiger partial charge in [0, 0.05) is 16.1 Å². The Bertz CT molecular complexity index is 1150. The van der Waals surface area contributed by atoms with Crippen molar-refractivity contribution in [1.29, 1.82) is 0 Å². The van der Waals surface area contributed by atoms with Gasteiger partial charge in [-0.3, -0.25) is 4.98 Å². The van der Waals surface area contributed by atoms with Crippen LogP contribution in [0.1, 0.15) is 46.6 Å². The number of ether oxygens (including phenoxy) is 1. The van der Waals surface area contributed by atoms with Crippen LogP contribution < -0.4 is 4.74 Å². The number of nitrogens with zero attached hydrogens (tertiary/aromatic N) is 2. The summed E-state index contributed by atoms with van der Waals surface area (Å²) in [5, 5.41) is 9.55. The van der Waals surface area contributed by atoms with Crippen molar-refractivity contribution in [2.24, 2.45) is 0 Å². The smallest absolute Gasteiger partial charge is 0.356 e. The molecule has 7 heteroatoms. The molecule has 0 amide bonds. The minimum atomic E-state index is -1.11. The molecule has 0 radical (unpaired) electrons. The maximum absolute atomic E-state index is 14.1. The predicted molar refractivity (Wildman–Crippen MR) is 112 cm³/mol. The lowest BCUT2D eigenvalue weighted by atomic mass is 9.99. The van der Waals surface area contributed by atoms with Gasteiger partial charge in [0.1, 0.15) is 18.2 Å². The topological polar surface area (TPSA) is 72.3 Å². The van der Waals surface area contributed by atoms with Crippen LogP contribution in [0.2, 0.25) is 5.02 Å². The molecule has 0 spiro atoms. The van der Waals surface area contributed by atoms with E-state index in [4.69, 9.17) is 16.3 Å². The molecule has 0 unspecified atom stereocenters. The van der Waals surface area contributed by atoms with Crippen molar-refractivity contribution in [3.05, 3.63) is 88.2 Å². The largest absolute Gasteiger partial charge is 0.488 e. The van der Waals surface area contributed by atoms with E-state index in [9.17, 15) is 14.3 Å². The van der Waals surface area contributed by atoms with Gasteiger partial charge in [-0.1, -0.05) is 35.9 Å². The molecule has 0 saturated heterocycles. The number of rotatable bonds is 6. The zero-order chi connectivity index (χ0) is 21.1. The van der Waals surface area contributed by atoms with E-state index in [-0.39, 0.29) is 12.3 Å². The van der Waals surface area contributed by atoms with Gasteiger partial charge >= 0.3 is 5.97 Å². The van der Waals surface area contributed by atoms with E-state index in [0.717, 1.165) is 36.0 Å². The van der Waals surface area contributed by atoms with Crippen molar-refractivity contribution < 1.29 is 19.0 Å². The molecule has 0 saturated carbocycles. The molecule has 3 aromatic rings. The first kappa shape index (κ1) is 20.0. The van der Waals surface area contributed by atoms with Crippen LogP contribution in [0.15, 0.2) is 54.9 Å². The van der Waals surface area contributed by atoms with Gasteiger partial charge in [0.25, 0.3) is 0 Å². The molecule has 2 aromatic carbocycles. The van der Waals surface area contributed by atoms with Gasteiger partial charge in [-0.25, -0.2) is 14.2 Å². The fourth-order valence-corrected chi connectivity index (χ4v) is 3.73. The summed E-state index contributed by atoms with van der Waals surface area (Å²) in [5.74, 6) is -0.900. The van der Waals surface area contributed by atoms with E-state index < -0.39 is 11.8 Å². The van der Waals surface area contributed by atoms with Crippen LogP contribution in [0.3, 0.4) is 0 Å². The molecule has 5 nitrogen and oxygen atoms in total. The van der Waals surface area contributed by atoms with Crippen molar-refractivity contribution in [2.75, 3.05) is 0 Å². The van der Waals surface area contributed by atoms with Gasteiger partial charge < -0.3 is 9.84 Å². The highest BCUT2D eigenvalue weighted by atomic mass is 35.5. The predicted octanol–water partition coefficient (Wildman–Crippen LogP) is 5.64. The highest BCUT2D eigenvalue weighted by molar-refractivity contribution is 6.30. The van der Waals surface area contributed by atoms with Crippen LogP contribution in [0.4, 0.5) is 4.39 Å². The number of carboxylic acid groups (broad SMARTS) is 1. The second kappa shape index (κ2) is 8.63. The highest BCUT2D eigenvalue weighted by Gasteiger charge is 2.22. The first-order valence-electron chi connectivity index (χ1n) is 9.47. The van der Waals surface area contributed by atoms with Crippen LogP contribution in [0.25, 0.3) is 11.1 Å². The highest BCUT2D eigenvalue weighted by Crippen LogP contribution is 2.42. The van der Waals surface area contributed by atoms with E-state index >= 15 is 0 Å². The summed E-state index contributed by atoms with van der Waals surface area (Å²) in [6, 6.07) is 12.0. The molecule has 0 fully saturated rings. The third-order valence-corrected chi connectivity index (χ3v) is 5.23. The third-order valence-electron chi connectivity index (χ3n) is 4.99. The van der Waals surface area contributed by atoms with Crippen molar-refractivity contribution in [1.82, 2.24) is 9.97 Å². The van der Waals surface area contributed by atoms with E-state index in [1.165, 1.54) is 12.3 Å². The van der Waals surface area contributed by atoms with E-state index in [2.05, 4.69) is 9.97 Å². The SMILES string of the molecule is O=C(O)c1cncc(C2=C(c3ccccc3OCc3ccc(Cl)cc3F)CCC2)n1. The fourth-order valence-electron chi connectivity index (χ4n) is 3.57. The Balaban J connectivity index is 1.67. The number of carboxylic acids is 1. The van der Waals surface area contributed by atoms with Gasteiger partial charge in [-0.05, 0) is 48.6 Å². The Morgan fingerprint density at radius 2 is 1.93 bits per heavy atom. The monoisotopic (exact) mass is 424 g/mol. The summed E-state index contributed by atoms with van der Waals surface area (Å²) in [5.41, 5.74) is 3.77. The average molecular weight is 425 g/mol. The minimum absolute atomic E-state index is 0.0664. The van der Waals surface area contributed by atoms with E-state index in [0.29, 0.717) is 22.0 Å². The Morgan fingerprint density at radius 1 is 1.13 bits per heavy atom. The molecular weight excluding hydrogens is 407 g/mol.